The summed E-state index contributed by atoms with van der Waals surface area (Å²) in [6, 6.07) is 5.47. The molecule has 0 spiro atoms. The molecule has 0 radical (unpaired) electrons. The summed E-state index contributed by atoms with van der Waals surface area (Å²) in [6.07, 6.45) is 0.812. The molecule has 1 N–H and O–H groups in total. The van der Waals surface area contributed by atoms with Crippen LogP contribution < -0.4 is 5.32 Å². The Morgan fingerprint density at radius 1 is 1.32 bits per heavy atom. The number of ketones is 1. The number of rotatable bonds is 7. The first-order valence-corrected chi connectivity index (χ1v) is 6.68. The number of carbonyl (C=O) groups excluding carboxylic acids is 3. The van der Waals surface area contributed by atoms with Crippen molar-refractivity contribution in [3.05, 3.63) is 39.9 Å². The van der Waals surface area contributed by atoms with E-state index in [9.17, 15) is 24.5 Å². The normalized spacial score (nSPS) is 16.4. The number of hydrogen-bond donors (Lipinski definition) is 1. The van der Waals surface area contributed by atoms with Crippen LogP contribution in [0.4, 0.5) is 5.69 Å². The summed E-state index contributed by atoms with van der Waals surface area (Å²) in [6.45, 7) is -0.122. The number of carbonyl (C=O) groups is 3. The molecule has 1 fully saturated rings. The SMILES string of the molecule is O=C1CC(CCC(=O)C(=O)OCc2ccc([N+](=O)[O-])cc2)N1. The van der Waals surface area contributed by atoms with E-state index < -0.39 is 16.7 Å². The van der Waals surface area contributed by atoms with Crippen molar-refractivity contribution in [1.29, 1.82) is 0 Å². The molecular formula is C14H14N2O6. The minimum Gasteiger partial charge on any atom is -0.455 e. The molecule has 1 atom stereocenters. The van der Waals surface area contributed by atoms with Crippen LogP contribution in [0.25, 0.3) is 0 Å². The summed E-state index contributed by atoms with van der Waals surface area (Å²) in [5.74, 6) is -1.65. The van der Waals surface area contributed by atoms with Crippen LogP contribution in [-0.2, 0) is 25.7 Å². The van der Waals surface area contributed by atoms with Crippen LogP contribution in [-0.4, -0.2) is 28.6 Å². The molecule has 0 aliphatic carbocycles. The third-order valence-corrected chi connectivity index (χ3v) is 3.26. The number of ether oxygens (including phenoxy) is 1. The van der Waals surface area contributed by atoms with Gasteiger partial charge in [-0.25, -0.2) is 4.79 Å². The molecule has 1 aromatic rings. The summed E-state index contributed by atoms with van der Waals surface area (Å²) < 4.78 is 4.85. The van der Waals surface area contributed by atoms with Crippen molar-refractivity contribution < 1.29 is 24.0 Å². The number of nitro groups is 1. The van der Waals surface area contributed by atoms with Crippen LogP contribution in [0.1, 0.15) is 24.8 Å². The first kappa shape index (κ1) is 15.6. The predicted molar refractivity (Wildman–Crippen MR) is 73.7 cm³/mol. The molecule has 1 heterocycles. The molecule has 1 aliphatic rings. The van der Waals surface area contributed by atoms with Gasteiger partial charge in [-0.3, -0.25) is 19.7 Å². The van der Waals surface area contributed by atoms with Gasteiger partial charge >= 0.3 is 5.97 Å². The van der Waals surface area contributed by atoms with Crippen molar-refractivity contribution in [2.75, 3.05) is 0 Å². The van der Waals surface area contributed by atoms with Gasteiger partial charge in [0.25, 0.3) is 5.69 Å². The molecule has 2 rings (SSSR count). The lowest BCUT2D eigenvalue weighted by atomic mass is 9.99. The zero-order valence-corrected chi connectivity index (χ0v) is 11.6. The number of non-ortho nitro benzene ring substituents is 1. The lowest BCUT2D eigenvalue weighted by molar-refractivity contribution is -0.384. The van der Waals surface area contributed by atoms with Gasteiger partial charge < -0.3 is 10.1 Å². The van der Waals surface area contributed by atoms with Crippen molar-refractivity contribution >= 4 is 23.3 Å². The van der Waals surface area contributed by atoms with Gasteiger partial charge in [0.1, 0.15) is 6.61 Å². The maximum Gasteiger partial charge on any atom is 0.374 e. The number of nitrogens with zero attached hydrogens (tertiary/aromatic N) is 1. The Morgan fingerprint density at radius 3 is 2.50 bits per heavy atom. The Kier molecular flexibility index (Phi) is 4.82. The van der Waals surface area contributed by atoms with Crippen LogP contribution in [0, 0.1) is 10.1 Å². The van der Waals surface area contributed by atoms with E-state index in [2.05, 4.69) is 5.32 Å². The molecule has 22 heavy (non-hydrogen) atoms. The minimum atomic E-state index is -0.941. The summed E-state index contributed by atoms with van der Waals surface area (Å²) in [5, 5.41) is 13.1. The maximum atomic E-state index is 11.6. The fourth-order valence-electron chi connectivity index (χ4n) is 1.96. The smallest absolute Gasteiger partial charge is 0.374 e. The average molecular weight is 306 g/mol. The highest BCUT2D eigenvalue weighted by Crippen LogP contribution is 2.13. The summed E-state index contributed by atoms with van der Waals surface area (Å²) in [4.78, 5) is 43.7. The topological polar surface area (TPSA) is 116 Å². The van der Waals surface area contributed by atoms with E-state index in [0.717, 1.165) is 0 Å². The van der Waals surface area contributed by atoms with E-state index in [4.69, 9.17) is 4.74 Å². The lowest BCUT2D eigenvalue weighted by Crippen LogP contribution is -2.48. The lowest BCUT2D eigenvalue weighted by Gasteiger charge is -2.26. The highest BCUT2D eigenvalue weighted by atomic mass is 16.6. The number of β-lactam (4-membered cyclic amide) rings is 1. The van der Waals surface area contributed by atoms with Crippen molar-refractivity contribution in [1.82, 2.24) is 5.32 Å². The van der Waals surface area contributed by atoms with Gasteiger partial charge in [0.2, 0.25) is 11.7 Å². The summed E-state index contributed by atoms with van der Waals surface area (Å²) in [5.41, 5.74) is 0.492. The Hall–Kier alpha value is -2.77. The number of benzene rings is 1. The molecule has 116 valence electrons. The molecule has 8 nitrogen and oxygen atoms in total. The second kappa shape index (κ2) is 6.79. The van der Waals surface area contributed by atoms with Gasteiger partial charge in [-0.05, 0) is 24.1 Å². The second-order valence-corrected chi connectivity index (χ2v) is 4.93. The number of nitrogens with one attached hydrogen (secondary N) is 1. The number of Topliss-reactive ketones (excluding diaryl/α,β-unsaturated/α-hetero) is 1. The van der Waals surface area contributed by atoms with E-state index in [1.165, 1.54) is 24.3 Å². The van der Waals surface area contributed by atoms with Crippen LogP contribution in [0.3, 0.4) is 0 Å². The maximum absolute atomic E-state index is 11.6. The molecule has 1 unspecified atom stereocenters. The largest absolute Gasteiger partial charge is 0.455 e. The number of esters is 1. The van der Waals surface area contributed by atoms with Gasteiger partial charge in [-0.15, -0.1) is 0 Å². The molecule has 1 aromatic carbocycles. The third-order valence-electron chi connectivity index (χ3n) is 3.26. The van der Waals surface area contributed by atoms with Gasteiger partial charge in [0.05, 0.1) is 4.92 Å². The first-order chi connectivity index (χ1) is 10.5. The third kappa shape index (κ3) is 4.11. The van der Waals surface area contributed by atoms with E-state index in [-0.39, 0.29) is 30.7 Å². The van der Waals surface area contributed by atoms with Crippen LogP contribution in [0.2, 0.25) is 0 Å². The molecule has 1 aliphatic heterocycles. The monoisotopic (exact) mass is 306 g/mol. The first-order valence-electron chi connectivity index (χ1n) is 6.68. The van der Waals surface area contributed by atoms with Gasteiger partial charge in [0.15, 0.2) is 0 Å². The van der Waals surface area contributed by atoms with Crippen molar-refractivity contribution in [3.63, 3.8) is 0 Å². The highest BCUT2D eigenvalue weighted by Gasteiger charge is 2.26. The Bertz CT molecular complexity index is 602. The molecule has 0 aromatic heterocycles. The molecular weight excluding hydrogens is 292 g/mol. The van der Waals surface area contributed by atoms with Gasteiger partial charge in [-0.2, -0.15) is 0 Å². The molecule has 8 heteroatoms. The van der Waals surface area contributed by atoms with Crippen molar-refractivity contribution in [3.8, 4) is 0 Å². The zero-order valence-electron chi connectivity index (χ0n) is 11.6. The van der Waals surface area contributed by atoms with E-state index >= 15 is 0 Å². The Balaban J connectivity index is 1.73. The van der Waals surface area contributed by atoms with Crippen LogP contribution in [0.15, 0.2) is 24.3 Å². The predicted octanol–water partition coefficient (Wildman–Crippen LogP) is 0.876. The van der Waals surface area contributed by atoms with E-state index in [0.29, 0.717) is 18.4 Å². The highest BCUT2D eigenvalue weighted by molar-refractivity contribution is 6.33. The molecule has 0 bridgehead atoms. The minimum absolute atomic E-state index is 0.0179. The molecule has 0 saturated carbocycles. The quantitative estimate of drug-likeness (QED) is 0.263. The van der Waals surface area contributed by atoms with Gasteiger partial charge in [-0.1, -0.05) is 0 Å². The van der Waals surface area contributed by atoms with E-state index in [1.807, 2.05) is 0 Å². The number of amides is 1. The zero-order chi connectivity index (χ0) is 16.1. The number of hydrogen-bond acceptors (Lipinski definition) is 6. The summed E-state index contributed by atoms with van der Waals surface area (Å²) in [7, 11) is 0. The fourth-order valence-corrected chi connectivity index (χ4v) is 1.96. The number of nitro benzene ring substituents is 1. The Labute approximate surface area is 125 Å². The van der Waals surface area contributed by atoms with Crippen LogP contribution >= 0.6 is 0 Å². The second-order valence-electron chi connectivity index (χ2n) is 4.93. The van der Waals surface area contributed by atoms with Crippen molar-refractivity contribution in [2.24, 2.45) is 0 Å². The van der Waals surface area contributed by atoms with E-state index in [1.54, 1.807) is 0 Å². The van der Waals surface area contributed by atoms with Crippen molar-refractivity contribution in [2.45, 2.75) is 31.9 Å². The standard InChI is InChI=1S/C14H14N2O6/c17-12(6-3-10-7-13(18)15-10)14(19)22-8-9-1-4-11(5-2-9)16(20)21/h1-2,4-5,10H,3,6-8H2,(H,15,18). The van der Waals surface area contributed by atoms with Crippen LogP contribution in [0.5, 0.6) is 0 Å². The van der Waals surface area contributed by atoms with Gasteiger partial charge in [0, 0.05) is 31.0 Å². The molecule has 1 amide bonds. The summed E-state index contributed by atoms with van der Waals surface area (Å²) >= 11 is 0. The Morgan fingerprint density at radius 2 is 1.95 bits per heavy atom. The fraction of sp³-hybridized carbons (Fsp3) is 0.357. The molecule has 1 saturated heterocycles. The average Bonchev–Trinajstić information content (AvgIpc) is 2.48.